The average Bonchev–Trinajstić information content (AvgIpc) is 2.16. The van der Waals surface area contributed by atoms with E-state index in [1.165, 1.54) is 6.92 Å². The molecule has 0 bridgehead atoms. The number of amides is 1. The van der Waals surface area contributed by atoms with E-state index in [0.717, 1.165) is 4.31 Å². The summed E-state index contributed by atoms with van der Waals surface area (Å²) in [5, 5.41) is 9.92. The van der Waals surface area contributed by atoms with Crippen molar-refractivity contribution < 1.29 is 13.2 Å². The number of hydrogen-bond acceptors (Lipinski definition) is 4. The first-order valence-electron chi connectivity index (χ1n) is 4.13. The van der Waals surface area contributed by atoms with Gasteiger partial charge < -0.3 is 5.32 Å². The summed E-state index contributed by atoms with van der Waals surface area (Å²) in [7, 11) is -3.63. The second-order valence-electron chi connectivity index (χ2n) is 3.00. The van der Waals surface area contributed by atoms with Crippen LogP contribution < -0.4 is 5.32 Å². The summed E-state index contributed by atoms with van der Waals surface area (Å²) in [6.07, 6.45) is 0. The Morgan fingerprint density at radius 3 is 2.79 bits per heavy atom. The summed E-state index contributed by atoms with van der Waals surface area (Å²) in [6, 6.07) is 1.66. The summed E-state index contributed by atoms with van der Waals surface area (Å²) in [5.74, 6) is -0.329. The molecule has 0 aromatic rings. The molecule has 0 aromatic heterocycles. The first kappa shape index (κ1) is 10.9. The van der Waals surface area contributed by atoms with Crippen molar-refractivity contribution in [1.82, 2.24) is 9.62 Å². The number of carbonyl (C=O) groups excluding carboxylic acids is 1. The van der Waals surface area contributed by atoms with Gasteiger partial charge in [-0.05, 0) is 6.92 Å². The average molecular weight is 217 g/mol. The fourth-order valence-corrected chi connectivity index (χ4v) is 2.35. The van der Waals surface area contributed by atoms with E-state index < -0.39 is 15.3 Å². The highest BCUT2D eigenvalue weighted by atomic mass is 32.2. The molecule has 1 fully saturated rings. The number of carbonyl (C=O) groups is 1. The summed E-state index contributed by atoms with van der Waals surface area (Å²) in [5.41, 5.74) is 0. The summed E-state index contributed by atoms with van der Waals surface area (Å²) >= 11 is 0. The number of sulfonamides is 1. The molecule has 1 N–H and O–H groups in total. The molecule has 1 heterocycles. The van der Waals surface area contributed by atoms with Gasteiger partial charge in [-0.2, -0.15) is 9.57 Å². The number of nitrogens with one attached hydrogen (secondary N) is 1. The molecular formula is C7H11N3O3S. The minimum Gasteiger partial charge on any atom is -0.354 e. The molecule has 1 aliphatic heterocycles. The molecule has 0 aliphatic carbocycles. The van der Waals surface area contributed by atoms with Crippen LogP contribution in [0.4, 0.5) is 0 Å². The molecule has 0 aromatic carbocycles. The molecule has 0 saturated carbocycles. The number of nitrogens with zero attached hydrogens (tertiary/aromatic N) is 2. The lowest BCUT2D eigenvalue weighted by molar-refractivity contribution is -0.122. The van der Waals surface area contributed by atoms with Crippen molar-refractivity contribution in [2.45, 2.75) is 12.2 Å². The predicted octanol–water partition coefficient (Wildman–Crippen LogP) is -1.34. The van der Waals surface area contributed by atoms with E-state index in [-0.39, 0.29) is 19.0 Å². The van der Waals surface area contributed by atoms with Gasteiger partial charge in [-0.25, -0.2) is 8.42 Å². The van der Waals surface area contributed by atoms with E-state index >= 15 is 0 Å². The van der Waals surface area contributed by atoms with Crippen LogP contribution >= 0.6 is 0 Å². The second kappa shape index (κ2) is 3.94. The van der Waals surface area contributed by atoms with Crippen LogP contribution in [0.1, 0.15) is 6.92 Å². The monoisotopic (exact) mass is 217 g/mol. The number of hydrogen-bond donors (Lipinski definition) is 1. The molecule has 1 unspecified atom stereocenters. The Labute approximate surface area is 82.5 Å². The van der Waals surface area contributed by atoms with E-state index in [9.17, 15) is 13.2 Å². The molecule has 14 heavy (non-hydrogen) atoms. The van der Waals surface area contributed by atoms with Gasteiger partial charge in [-0.15, -0.1) is 0 Å². The zero-order chi connectivity index (χ0) is 10.8. The molecule has 7 heteroatoms. The largest absolute Gasteiger partial charge is 0.354 e. The molecule has 6 nitrogen and oxygen atoms in total. The highest BCUT2D eigenvalue weighted by molar-refractivity contribution is 7.90. The third kappa shape index (κ3) is 2.02. The van der Waals surface area contributed by atoms with Gasteiger partial charge in [-0.1, -0.05) is 0 Å². The Bertz CT molecular complexity index is 370. The van der Waals surface area contributed by atoms with Crippen LogP contribution in [-0.4, -0.2) is 43.5 Å². The highest BCUT2D eigenvalue weighted by Gasteiger charge is 2.32. The number of piperazine rings is 1. The molecular weight excluding hydrogens is 206 g/mol. The summed E-state index contributed by atoms with van der Waals surface area (Å²) in [6.45, 7) is 1.66. The smallest absolute Gasteiger partial charge is 0.235 e. The van der Waals surface area contributed by atoms with E-state index in [1.807, 2.05) is 0 Å². The Morgan fingerprint density at radius 2 is 2.29 bits per heavy atom. The van der Waals surface area contributed by atoms with Crippen LogP contribution in [0.2, 0.25) is 0 Å². The summed E-state index contributed by atoms with van der Waals surface area (Å²) < 4.78 is 24.2. The standard InChI is InChI=1S/C7H11N3O3S/c1-6(4-8)14(12,13)10-3-2-9-7(11)5-10/h6H,2-3,5H2,1H3,(H,9,11). The maximum absolute atomic E-state index is 11.6. The Morgan fingerprint density at radius 1 is 1.64 bits per heavy atom. The van der Waals surface area contributed by atoms with Crippen LogP contribution in [0.3, 0.4) is 0 Å². The van der Waals surface area contributed by atoms with E-state index in [2.05, 4.69) is 5.32 Å². The number of rotatable bonds is 2. The zero-order valence-electron chi connectivity index (χ0n) is 7.73. The van der Waals surface area contributed by atoms with Gasteiger partial charge >= 0.3 is 0 Å². The Hall–Kier alpha value is -1.13. The maximum atomic E-state index is 11.6. The van der Waals surface area contributed by atoms with Crippen molar-refractivity contribution >= 4 is 15.9 Å². The molecule has 0 radical (unpaired) electrons. The van der Waals surface area contributed by atoms with Crippen LogP contribution in [0, 0.1) is 11.3 Å². The van der Waals surface area contributed by atoms with Crippen molar-refractivity contribution in [2.24, 2.45) is 0 Å². The molecule has 1 aliphatic rings. The first-order valence-corrected chi connectivity index (χ1v) is 5.64. The molecule has 1 atom stereocenters. The third-order valence-electron chi connectivity index (χ3n) is 1.99. The van der Waals surface area contributed by atoms with Gasteiger partial charge in [0.05, 0.1) is 12.6 Å². The SMILES string of the molecule is CC(C#N)S(=O)(=O)N1CCNC(=O)C1. The molecule has 1 saturated heterocycles. The second-order valence-corrected chi connectivity index (χ2v) is 5.25. The minimum absolute atomic E-state index is 0.186. The van der Waals surface area contributed by atoms with Crippen LogP contribution in [0.5, 0.6) is 0 Å². The van der Waals surface area contributed by atoms with Crippen molar-refractivity contribution in [3.8, 4) is 6.07 Å². The van der Waals surface area contributed by atoms with Gasteiger partial charge in [0, 0.05) is 13.1 Å². The van der Waals surface area contributed by atoms with Gasteiger partial charge in [0.25, 0.3) is 0 Å². The van der Waals surface area contributed by atoms with Crippen molar-refractivity contribution in [3.05, 3.63) is 0 Å². The third-order valence-corrected chi connectivity index (χ3v) is 4.02. The van der Waals surface area contributed by atoms with Crippen molar-refractivity contribution in [2.75, 3.05) is 19.6 Å². The summed E-state index contributed by atoms with van der Waals surface area (Å²) in [4.78, 5) is 10.9. The van der Waals surface area contributed by atoms with Gasteiger partial charge in [0.1, 0.15) is 0 Å². The minimum atomic E-state index is -3.63. The topological polar surface area (TPSA) is 90.3 Å². The lowest BCUT2D eigenvalue weighted by Crippen LogP contribution is -2.51. The molecule has 78 valence electrons. The van der Waals surface area contributed by atoms with E-state index in [0.29, 0.717) is 6.54 Å². The molecule has 1 rings (SSSR count). The van der Waals surface area contributed by atoms with Crippen LogP contribution in [0.15, 0.2) is 0 Å². The quantitative estimate of drug-likeness (QED) is 0.620. The van der Waals surface area contributed by atoms with Gasteiger partial charge in [0.2, 0.25) is 15.9 Å². The fourth-order valence-electron chi connectivity index (χ4n) is 1.12. The van der Waals surface area contributed by atoms with Crippen LogP contribution in [0.25, 0.3) is 0 Å². The Balaban J connectivity index is 2.83. The van der Waals surface area contributed by atoms with Gasteiger partial charge in [0.15, 0.2) is 5.25 Å². The fraction of sp³-hybridized carbons (Fsp3) is 0.714. The van der Waals surface area contributed by atoms with Crippen LogP contribution in [-0.2, 0) is 14.8 Å². The normalized spacial score (nSPS) is 21.0. The molecule has 0 spiro atoms. The van der Waals surface area contributed by atoms with E-state index in [4.69, 9.17) is 5.26 Å². The van der Waals surface area contributed by atoms with E-state index in [1.54, 1.807) is 6.07 Å². The first-order chi connectivity index (χ1) is 6.48. The van der Waals surface area contributed by atoms with Crippen molar-refractivity contribution in [1.29, 1.82) is 5.26 Å². The molecule has 1 amide bonds. The highest BCUT2D eigenvalue weighted by Crippen LogP contribution is 2.09. The number of nitriles is 1. The lowest BCUT2D eigenvalue weighted by atomic mass is 10.4. The zero-order valence-corrected chi connectivity index (χ0v) is 8.54. The van der Waals surface area contributed by atoms with Crippen molar-refractivity contribution in [3.63, 3.8) is 0 Å². The lowest BCUT2D eigenvalue weighted by Gasteiger charge is -2.26. The predicted molar refractivity (Wildman–Crippen MR) is 48.6 cm³/mol. The Kier molecular flexibility index (Phi) is 3.08. The maximum Gasteiger partial charge on any atom is 0.235 e. The van der Waals surface area contributed by atoms with Gasteiger partial charge in [-0.3, -0.25) is 4.79 Å².